The number of carbonyl (C=O) groups is 1. The van der Waals surface area contributed by atoms with Crippen LogP contribution in [0.2, 0.25) is 0 Å². The molecular weight excluding hydrogens is 364 g/mol. The van der Waals surface area contributed by atoms with Crippen LogP contribution in [0.3, 0.4) is 0 Å². The number of aromatic hydroxyl groups is 1. The van der Waals surface area contributed by atoms with Crippen LogP contribution in [0, 0.1) is 0 Å². The number of phenols is 1. The Balaban J connectivity index is 3.10. The van der Waals surface area contributed by atoms with Gasteiger partial charge in [-0.3, -0.25) is 4.79 Å². The number of carboxylic acids is 1. The van der Waals surface area contributed by atoms with Crippen LogP contribution in [-0.4, -0.2) is 43.9 Å². The van der Waals surface area contributed by atoms with Crippen molar-refractivity contribution in [3.05, 3.63) is 23.3 Å². The summed E-state index contributed by atoms with van der Waals surface area (Å²) in [6.07, 6.45) is -2.28. The van der Waals surface area contributed by atoms with Gasteiger partial charge < -0.3 is 20.4 Å². The van der Waals surface area contributed by atoms with Crippen LogP contribution in [0.15, 0.2) is 17.0 Å². The second-order valence-electron chi connectivity index (χ2n) is 9.24. The van der Waals surface area contributed by atoms with Crippen molar-refractivity contribution in [1.82, 2.24) is 0 Å². The molecule has 0 radical (unpaired) electrons. The van der Waals surface area contributed by atoms with Gasteiger partial charge in [0.1, 0.15) is 5.75 Å². The molecule has 1 aromatic rings. The van der Waals surface area contributed by atoms with Crippen LogP contribution in [-0.2, 0) is 15.6 Å². The van der Waals surface area contributed by atoms with Gasteiger partial charge in [-0.15, -0.1) is 11.8 Å². The number of benzene rings is 1. The van der Waals surface area contributed by atoms with Gasteiger partial charge in [0, 0.05) is 27.7 Å². The minimum atomic E-state index is -1.09. The number of hydrogen-bond donors (Lipinski definition) is 4. The fourth-order valence-corrected chi connectivity index (χ4v) is 3.94. The Morgan fingerprint density at radius 3 is 1.85 bits per heavy atom. The van der Waals surface area contributed by atoms with Crippen molar-refractivity contribution < 1.29 is 25.2 Å². The van der Waals surface area contributed by atoms with Crippen LogP contribution >= 0.6 is 11.8 Å². The molecule has 1 aromatic carbocycles. The summed E-state index contributed by atoms with van der Waals surface area (Å²) in [5, 5.41) is 39.4. The largest absolute Gasteiger partial charge is 0.507 e. The monoisotopic (exact) mass is 398 g/mol. The predicted molar refractivity (Wildman–Crippen MR) is 110 cm³/mol. The zero-order valence-electron chi connectivity index (χ0n) is 17.4. The number of aliphatic carboxylic acids is 1. The smallest absolute Gasteiger partial charge is 0.305 e. The van der Waals surface area contributed by atoms with Gasteiger partial charge >= 0.3 is 5.97 Å². The van der Waals surface area contributed by atoms with E-state index in [0.717, 1.165) is 16.0 Å². The third-order valence-electron chi connectivity index (χ3n) is 4.49. The molecule has 27 heavy (non-hydrogen) atoms. The van der Waals surface area contributed by atoms with E-state index in [1.54, 1.807) is 0 Å². The number of carboxylic acid groups (broad SMARTS) is 1. The third-order valence-corrected chi connectivity index (χ3v) is 5.68. The molecule has 5 nitrogen and oxygen atoms in total. The fraction of sp³-hybridized carbons (Fsp3) is 0.667. The van der Waals surface area contributed by atoms with E-state index in [1.165, 1.54) is 11.8 Å². The average molecular weight is 399 g/mol. The summed E-state index contributed by atoms with van der Waals surface area (Å²) in [6.45, 7) is 14.1. The number of aliphatic hydroxyl groups excluding tert-OH is 2. The SMILES string of the molecule is CC(Sc1cc(C(C)(C)C)c(O)c(C(C)(C)C)c1)[C@@H](O)C[C@@H](O)CC(=O)O. The standard InChI is InChI=1S/C21H34O5S/c1-12(17(23)8-13(22)9-18(24)25)27-14-10-15(20(2,3)4)19(26)16(11-14)21(5,6)7/h10-13,17,22-23,26H,8-9H2,1-7H3,(H,24,25)/t12?,13-,17+/m1/s1. The molecule has 0 saturated heterocycles. The Labute approximate surface area is 166 Å². The van der Waals surface area contributed by atoms with Crippen LogP contribution in [0.1, 0.15) is 72.4 Å². The normalized spacial score (nSPS) is 16.0. The van der Waals surface area contributed by atoms with E-state index in [9.17, 15) is 20.1 Å². The number of hydrogen-bond acceptors (Lipinski definition) is 5. The van der Waals surface area contributed by atoms with Gasteiger partial charge in [-0.1, -0.05) is 48.5 Å². The Kier molecular flexibility index (Phi) is 7.79. The molecule has 0 aliphatic heterocycles. The summed E-state index contributed by atoms with van der Waals surface area (Å²) >= 11 is 1.46. The number of rotatable bonds is 7. The molecule has 0 aliphatic carbocycles. The van der Waals surface area contributed by atoms with Gasteiger partial charge in [0.05, 0.1) is 18.6 Å². The zero-order chi connectivity index (χ0) is 21.2. The van der Waals surface area contributed by atoms with E-state index in [2.05, 4.69) is 0 Å². The Morgan fingerprint density at radius 2 is 1.48 bits per heavy atom. The van der Waals surface area contributed by atoms with Crippen LogP contribution in [0.5, 0.6) is 5.75 Å². The molecule has 0 aromatic heterocycles. The van der Waals surface area contributed by atoms with Crippen molar-refractivity contribution in [2.75, 3.05) is 0 Å². The first-order valence-electron chi connectivity index (χ1n) is 9.25. The van der Waals surface area contributed by atoms with Crippen molar-refractivity contribution in [3.8, 4) is 5.75 Å². The molecule has 0 saturated carbocycles. The lowest BCUT2D eigenvalue weighted by Crippen LogP contribution is -2.27. The van der Waals surface area contributed by atoms with Crippen molar-refractivity contribution >= 4 is 17.7 Å². The van der Waals surface area contributed by atoms with E-state index in [4.69, 9.17) is 5.11 Å². The van der Waals surface area contributed by atoms with E-state index >= 15 is 0 Å². The fourth-order valence-electron chi connectivity index (χ4n) is 2.87. The highest BCUT2D eigenvalue weighted by Gasteiger charge is 2.28. The molecule has 0 spiro atoms. The molecule has 1 rings (SSSR count). The lowest BCUT2D eigenvalue weighted by atomic mass is 9.79. The molecule has 0 heterocycles. The van der Waals surface area contributed by atoms with E-state index < -0.39 is 18.2 Å². The molecule has 0 fully saturated rings. The number of phenolic OH excluding ortho intramolecular Hbond substituents is 1. The van der Waals surface area contributed by atoms with Crippen LogP contribution < -0.4 is 0 Å². The molecule has 3 atom stereocenters. The molecule has 0 bridgehead atoms. The predicted octanol–water partition coefficient (Wildman–Crippen LogP) is 4.05. The van der Waals surface area contributed by atoms with Gasteiger partial charge in [-0.05, 0) is 23.0 Å². The van der Waals surface area contributed by atoms with Crippen molar-refractivity contribution in [3.63, 3.8) is 0 Å². The summed E-state index contributed by atoms with van der Waals surface area (Å²) in [5.74, 6) is -0.775. The van der Waals surface area contributed by atoms with E-state index in [-0.39, 0.29) is 28.9 Å². The highest BCUT2D eigenvalue weighted by molar-refractivity contribution is 8.00. The summed E-state index contributed by atoms with van der Waals surface area (Å²) in [7, 11) is 0. The lowest BCUT2D eigenvalue weighted by molar-refractivity contribution is -0.139. The van der Waals surface area contributed by atoms with Gasteiger partial charge in [0.15, 0.2) is 0 Å². The first kappa shape index (κ1) is 23.8. The number of thioether (sulfide) groups is 1. The maximum atomic E-state index is 10.8. The summed E-state index contributed by atoms with van der Waals surface area (Å²) in [5.41, 5.74) is 1.23. The summed E-state index contributed by atoms with van der Waals surface area (Å²) in [4.78, 5) is 11.6. The lowest BCUT2D eigenvalue weighted by Gasteiger charge is -2.29. The molecule has 1 unspecified atom stereocenters. The Bertz CT molecular complexity index is 623. The first-order chi connectivity index (χ1) is 12.1. The average Bonchev–Trinajstić information content (AvgIpc) is 2.45. The maximum absolute atomic E-state index is 10.8. The van der Waals surface area contributed by atoms with Gasteiger partial charge in [-0.25, -0.2) is 0 Å². The summed E-state index contributed by atoms with van der Waals surface area (Å²) in [6, 6.07) is 3.90. The van der Waals surface area contributed by atoms with E-state index in [1.807, 2.05) is 60.6 Å². The minimum absolute atomic E-state index is 0.0107. The van der Waals surface area contributed by atoms with Crippen molar-refractivity contribution in [1.29, 1.82) is 0 Å². The molecule has 0 amide bonds. The quantitative estimate of drug-likeness (QED) is 0.517. The highest BCUT2D eigenvalue weighted by atomic mass is 32.2. The third kappa shape index (κ3) is 7.01. The highest BCUT2D eigenvalue weighted by Crippen LogP contribution is 2.42. The zero-order valence-corrected chi connectivity index (χ0v) is 18.2. The van der Waals surface area contributed by atoms with E-state index in [0.29, 0.717) is 5.75 Å². The molecule has 0 aliphatic rings. The first-order valence-corrected chi connectivity index (χ1v) is 10.1. The molecule has 154 valence electrons. The van der Waals surface area contributed by atoms with Crippen LogP contribution in [0.25, 0.3) is 0 Å². The molecule has 6 heteroatoms. The van der Waals surface area contributed by atoms with Gasteiger partial charge in [-0.2, -0.15) is 0 Å². The second-order valence-corrected chi connectivity index (χ2v) is 10.7. The molecule has 4 N–H and O–H groups in total. The number of aliphatic hydroxyl groups is 2. The second kappa shape index (κ2) is 8.84. The minimum Gasteiger partial charge on any atom is -0.507 e. The topological polar surface area (TPSA) is 98.0 Å². The van der Waals surface area contributed by atoms with Gasteiger partial charge in [0.25, 0.3) is 0 Å². The Hall–Kier alpha value is -1.24. The van der Waals surface area contributed by atoms with Crippen molar-refractivity contribution in [2.24, 2.45) is 0 Å². The maximum Gasteiger partial charge on any atom is 0.305 e. The Morgan fingerprint density at radius 1 is 1.04 bits per heavy atom. The summed E-state index contributed by atoms with van der Waals surface area (Å²) < 4.78 is 0. The van der Waals surface area contributed by atoms with Crippen LogP contribution in [0.4, 0.5) is 0 Å². The van der Waals surface area contributed by atoms with Gasteiger partial charge in [0.2, 0.25) is 0 Å². The van der Waals surface area contributed by atoms with Crippen molar-refractivity contribution in [2.45, 2.75) is 94.5 Å². The molecular formula is C21H34O5S.